The van der Waals surface area contributed by atoms with E-state index in [-0.39, 0.29) is 5.91 Å². The van der Waals surface area contributed by atoms with Crippen LogP contribution in [-0.2, 0) is 17.8 Å². The van der Waals surface area contributed by atoms with Crippen molar-refractivity contribution < 1.29 is 4.79 Å². The van der Waals surface area contributed by atoms with Crippen molar-refractivity contribution in [1.82, 2.24) is 10.2 Å². The third kappa shape index (κ3) is 3.89. The van der Waals surface area contributed by atoms with Gasteiger partial charge in [-0.25, -0.2) is 0 Å². The Hall–Kier alpha value is -1.35. The lowest BCUT2D eigenvalue weighted by Crippen LogP contribution is -2.44. The molecule has 1 atom stereocenters. The first-order valence-electron chi connectivity index (χ1n) is 8.80. The number of nitrogens with one attached hydrogen (secondary N) is 1. The van der Waals surface area contributed by atoms with Gasteiger partial charge in [-0.15, -0.1) is 0 Å². The van der Waals surface area contributed by atoms with Gasteiger partial charge >= 0.3 is 0 Å². The molecule has 22 heavy (non-hydrogen) atoms. The van der Waals surface area contributed by atoms with Crippen LogP contribution in [0.25, 0.3) is 0 Å². The maximum absolute atomic E-state index is 12.1. The Bertz CT molecular complexity index is 508. The van der Waals surface area contributed by atoms with Crippen LogP contribution < -0.4 is 5.32 Å². The number of hydrogen-bond donors (Lipinski definition) is 1. The van der Waals surface area contributed by atoms with E-state index in [2.05, 4.69) is 41.4 Å². The summed E-state index contributed by atoms with van der Waals surface area (Å²) in [6, 6.07) is 9.12. The van der Waals surface area contributed by atoms with Crippen LogP contribution in [0.5, 0.6) is 0 Å². The summed E-state index contributed by atoms with van der Waals surface area (Å²) in [6.45, 7) is 5.10. The number of rotatable bonds is 5. The Balaban J connectivity index is 1.44. The van der Waals surface area contributed by atoms with Crippen LogP contribution in [0.1, 0.15) is 50.2 Å². The Kier molecular flexibility index (Phi) is 5.14. The molecule has 3 nitrogen and oxygen atoms in total. The predicted molar refractivity (Wildman–Crippen MR) is 89.6 cm³/mol. The average Bonchev–Trinajstić information content (AvgIpc) is 3.05. The topological polar surface area (TPSA) is 32.3 Å². The van der Waals surface area contributed by atoms with E-state index in [9.17, 15) is 4.79 Å². The number of fused-ring (bicyclic) bond motifs is 1. The first-order chi connectivity index (χ1) is 10.7. The normalized spacial score (nSPS) is 20.6. The van der Waals surface area contributed by atoms with Crippen molar-refractivity contribution >= 4 is 5.91 Å². The molecular weight excluding hydrogens is 272 g/mol. The van der Waals surface area contributed by atoms with Crippen molar-refractivity contribution in [3.05, 3.63) is 35.4 Å². The molecule has 0 saturated heterocycles. The van der Waals surface area contributed by atoms with Crippen molar-refractivity contribution in [2.45, 2.75) is 58.0 Å². The summed E-state index contributed by atoms with van der Waals surface area (Å²) in [4.78, 5) is 14.5. The van der Waals surface area contributed by atoms with Crippen molar-refractivity contribution in [2.75, 3.05) is 13.1 Å². The van der Waals surface area contributed by atoms with Gasteiger partial charge in [0.1, 0.15) is 0 Å². The summed E-state index contributed by atoms with van der Waals surface area (Å²) in [5, 5.41) is 3.15. The van der Waals surface area contributed by atoms with Crippen LogP contribution in [-0.4, -0.2) is 29.9 Å². The lowest BCUT2D eigenvalue weighted by atomic mass is 9.99. The van der Waals surface area contributed by atoms with E-state index in [0.29, 0.717) is 12.0 Å². The van der Waals surface area contributed by atoms with Crippen molar-refractivity contribution in [1.29, 1.82) is 0 Å². The van der Waals surface area contributed by atoms with Gasteiger partial charge in [-0.2, -0.15) is 0 Å². The largest absolute Gasteiger partial charge is 0.355 e. The highest BCUT2D eigenvalue weighted by atomic mass is 16.1. The Labute approximate surface area is 134 Å². The van der Waals surface area contributed by atoms with Gasteiger partial charge in [-0.3, -0.25) is 9.69 Å². The Morgan fingerprint density at radius 2 is 2.00 bits per heavy atom. The second kappa shape index (κ2) is 7.28. The summed E-state index contributed by atoms with van der Waals surface area (Å²) in [7, 11) is 0. The van der Waals surface area contributed by atoms with Gasteiger partial charge in [0.15, 0.2) is 0 Å². The molecule has 1 aromatic rings. The quantitative estimate of drug-likeness (QED) is 0.906. The van der Waals surface area contributed by atoms with Crippen molar-refractivity contribution in [2.24, 2.45) is 5.92 Å². The van der Waals surface area contributed by atoms with Gasteiger partial charge < -0.3 is 5.32 Å². The minimum atomic E-state index is 0.246. The van der Waals surface area contributed by atoms with Crippen LogP contribution in [0.15, 0.2) is 24.3 Å². The SMILES string of the molecule is CC(CNC(=O)CC1CCCC1)N1CCc2ccccc2C1. The van der Waals surface area contributed by atoms with E-state index in [1.54, 1.807) is 0 Å². The summed E-state index contributed by atoms with van der Waals surface area (Å²) >= 11 is 0. The standard InChI is InChI=1S/C19H28N2O/c1-15(13-20-19(22)12-16-6-2-3-7-16)21-11-10-17-8-4-5-9-18(17)14-21/h4-5,8-9,15-16H,2-3,6-7,10-14H2,1H3,(H,20,22). The van der Waals surface area contributed by atoms with E-state index < -0.39 is 0 Å². The van der Waals surface area contributed by atoms with E-state index >= 15 is 0 Å². The summed E-state index contributed by atoms with van der Waals surface area (Å²) in [5.74, 6) is 0.883. The van der Waals surface area contributed by atoms with E-state index in [1.165, 1.54) is 36.8 Å². The molecule has 3 heteroatoms. The zero-order valence-electron chi connectivity index (χ0n) is 13.7. The van der Waals surface area contributed by atoms with Gasteiger partial charge in [0.2, 0.25) is 5.91 Å². The third-order valence-electron chi connectivity index (χ3n) is 5.33. The molecule has 0 aromatic heterocycles. The lowest BCUT2D eigenvalue weighted by Gasteiger charge is -2.33. The average molecular weight is 300 g/mol. The highest BCUT2D eigenvalue weighted by molar-refractivity contribution is 5.76. The maximum Gasteiger partial charge on any atom is 0.220 e. The molecule has 0 bridgehead atoms. The minimum absolute atomic E-state index is 0.246. The molecule has 0 spiro atoms. The van der Waals surface area contributed by atoms with Crippen LogP contribution >= 0.6 is 0 Å². The molecule has 1 fully saturated rings. The van der Waals surface area contributed by atoms with E-state index in [1.807, 2.05) is 0 Å². The zero-order valence-corrected chi connectivity index (χ0v) is 13.7. The van der Waals surface area contributed by atoms with Crippen LogP contribution in [0.2, 0.25) is 0 Å². The van der Waals surface area contributed by atoms with Crippen LogP contribution in [0.3, 0.4) is 0 Å². The summed E-state index contributed by atoms with van der Waals surface area (Å²) in [5.41, 5.74) is 2.93. The minimum Gasteiger partial charge on any atom is -0.355 e. The molecule has 1 heterocycles. The zero-order chi connectivity index (χ0) is 15.4. The molecular formula is C19H28N2O. The first-order valence-corrected chi connectivity index (χ1v) is 8.80. The first kappa shape index (κ1) is 15.5. The molecule has 1 unspecified atom stereocenters. The van der Waals surface area contributed by atoms with Gasteiger partial charge in [0.25, 0.3) is 0 Å². The smallest absolute Gasteiger partial charge is 0.220 e. The molecule has 1 aromatic carbocycles. The van der Waals surface area contributed by atoms with Crippen LogP contribution in [0.4, 0.5) is 0 Å². The van der Waals surface area contributed by atoms with Crippen LogP contribution in [0, 0.1) is 5.92 Å². The highest BCUT2D eigenvalue weighted by Crippen LogP contribution is 2.27. The number of carbonyl (C=O) groups excluding carboxylic acids is 1. The number of nitrogens with zero attached hydrogens (tertiary/aromatic N) is 1. The molecule has 1 saturated carbocycles. The number of hydrogen-bond acceptors (Lipinski definition) is 2. The molecule has 0 radical (unpaired) electrons. The molecule has 120 valence electrons. The highest BCUT2D eigenvalue weighted by Gasteiger charge is 2.22. The molecule has 1 aliphatic carbocycles. The fourth-order valence-electron chi connectivity index (χ4n) is 3.83. The van der Waals surface area contributed by atoms with Gasteiger partial charge in [-0.05, 0) is 43.2 Å². The third-order valence-corrected chi connectivity index (χ3v) is 5.33. The van der Waals surface area contributed by atoms with Crippen molar-refractivity contribution in [3.8, 4) is 0 Å². The number of amides is 1. The maximum atomic E-state index is 12.1. The number of benzene rings is 1. The molecule has 2 aliphatic rings. The molecule has 1 amide bonds. The van der Waals surface area contributed by atoms with Gasteiger partial charge in [0, 0.05) is 32.1 Å². The van der Waals surface area contributed by atoms with Crippen molar-refractivity contribution in [3.63, 3.8) is 0 Å². The summed E-state index contributed by atoms with van der Waals surface area (Å²) in [6.07, 6.45) is 6.95. The number of carbonyl (C=O) groups is 1. The van der Waals surface area contributed by atoms with Gasteiger partial charge in [0.05, 0.1) is 0 Å². The predicted octanol–water partition coefficient (Wildman–Crippen LogP) is 3.13. The fourth-order valence-corrected chi connectivity index (χ4v) is 3.83. The molecule has 3 rings (SSSR count). The van der Waals surface area contributed by atoms with Gasteiger partial charge in [-0.1, -0.05) is 37.1 Å². The second-order valence-electron chi connectivity index (χ2n) is 7.00. The van der Waals surface area contributed by atoms with E-state index in [0.717, 1.165) is 32.5 Å². The lowest BCUT2D eigenvalue weighted by molar-refractivity contribution is -0.122. The second-order valence-corrected chi connectivity index (χ2v) is 7.00. The fraction of sp³-hybridized carbons (Fsp3) is 0.632. The molecule has 1 N–H and O–H groups in total. The summed E-state index contributed by atoms with van der Waals surface area (Å²) < 4.78 is 0. The van der Waals surface area contributed by atoms with E-state index in [4.69, 9.17) is 0 Å². The Morgan fingerprint density at radius 3 is 2.77 bits per heavy atom. The Morgan fingerprint density at radius 1 is 1.27 bits per heavy atom. The monoisotopic (exact) mass is 300 g/mol. The molecule has 1 aliphatic heterocycles.